The molecule has 0 aliphatic carbocycles. The normalized spacial score (nSPS) is 10.6. The van der Waals surface area contributed by atoms with Crippen molar-refractivity contribution >= 4 is 45.2 Å². The molecule has 0 heterocycles. The van der Waals surface area contributed by atoms with Gasteiger partial charge in [-0.3, -0.25) is 9.59 Å². The zero-order valence-corrected chi connectivity index (χ0v) is 15.9. The third-order valence-electron chi connectivity index (χ3n) is 3.41. The van der Waals surface area contributed by atoms with E-state index in [1.165, 1.54) is 11.8 Å². The van der Waals surface area contributed by atoms with Crippen molar-refractivity contribution in [2.75, 3.05) is 11.1 Å². The van der Waals surface area contributed by atoms with Crippen molar-refractivity contribution in [3.8, 4) is 0 Å². The topological polar surface area (TPSA) is 72.2 Å². The maximum absolute atomic E-state index is 13.8. The Bertz CT molecular complexity index is 859. The number of benzene rings is 2. The molecule has 2 aromatic carbocycles. The van der Waals surface area contributed by atoms with Crippen LogP contribution in [0.25, 0.3) is 0 Å². The molecular weight excluding hydrogens is 414 g/mol. The van der Waals surface area contributed by atoms with Gasteiger partial charge in [0.25, 0.3) is 5.91 Å². The van der Waals surface area contributed by atoms with Crippen molar-refractivity contribution in [1.29, 1.82) is 0 Å². The molecule has 0 spiro atoms. The number of amides is 2. The van der Waals surface area contributed by atoms with E-state index in [4.69, 9.17) is 5.73 Å². The van der Waals surface area contributed by atoms with Crippen molar-refractivity contribution in [2.24, 2.45) is 5.73 Å². The molecule has 132 valence electrons. The van der Waals surface area contributed by atoms with Gasteiger partial charge >= 0.3 is 0 Å². The summed E-state index contributed by atoms with van der Waals surface area (Å²) in [6.07, 6.45) is 0. The summed E-state index contributed by atoms with van der Waals surface area (Å²) >= 11 is 4.73. The van der Waals surface area contributed by atoms with Crippen LogP contribution in [-0.4, -0.2) is 17.6 Å². The zero-order chi connectivity index (χ0) is 18.7. The van der Waals surface area contributed by atoms with E-state index in [0.717, 1.165) is 26.6 Å². The number of aryl methyl sites for hydroxylation is 2. The summed E-state index contributed by atoms with van der Waals surface area (Å²) < 4.78 is 28.2. The van der Waals surface area contributed by atoms with Gasteiger partial charge in [-0.15, -0.1) is 11.8 Å². The van der Waals surface area contributed by atoms with E-state index < -0.39 is 29.0 Å². The third kappa shape index (κ3) is 4.79. The molecule has 3 N–H and O–H groups in total. The monoisotopic (exact) mass is 428 g/mol. The minimum atomic E-state index is -1.07. The lowest BCUT2D eigenvalue weighted by molar-refractivity contribution is -0.113. The van der Waals surface area contributed by atoms with E-state index >= 15 is 0 Å². The highest BCUT2D eigenvalue weighted by molar-refractivity contribution is 9.10. The Balaban J connectivity index is 2.10. The van der Waals surface area contributed by atoms with Gasteiger partial charge in [-0.2, -0.15) is 0 Å². The highest BCUT2D eigenvalue weighted by Crippen LogP contribution is 2.28. The average molecular weight is 429 g/mol. The molecule has 0 radical (unpaired) electrons. The number of carbonyl (C=O) groups is 2. The van der Waals surface area contributed by atoms with E-state index in [9.17, 15) is 18.4 Å². The lowest BCUT2D eigenvalue weighted by atomic mass is 10.1. The van der Waals surface area contributed by atoms with Crippen molar-refractivity contribution in [1.82, 2.24) is 0 Å². The van der Waals surface area contributed by atoms with Crippen molar-refractivity contribution in [2.45, 2.75) is 18.7 Å². The SMILES string of the molecule is Cc1cc(SCC(=O)Nc2cc(C(N)=O)c(F)cc2F)c(C)cc1Br. The number of carbonyl (C=O) groups excluding carboxylic acids is 2. The van der Waals surface area contributed by atoms with Crippen molar-refractivity contribution in [3.05, 3.63) is 57.1 Å². The summed E-state index contributed by atoms with van der Waals surface area (Å²) in [5.74, 6) is -3.53. The Morgan fingerprint density at radius 1 is 1.12 bits per heavy atom. The van der Waals surface area contributed by atoms with Crippen molar-refractivity contribution in [3.63, 3.8) is 0 Å². The van der Waals surface area contributed by atoms with Crippen LogP contribution in [0.15, 0.2) is 33.6 Å². The molecule has 0 saturated carbocycles. The van der Waals surface area contributed by atoms with Crippen LogP contribution in [0, 0.1) is 25.5 Å². The summed E-state index contributed by atoms with van der Waals surface area (Å²) in [7, 11) is 0. The summed E-state index contributed by atoms with van der Waals surface area (Å²) in [4.78, 5) is 24.1. The largest absolute Gasteiger partial charge is 0.366 e. The zero-order valence-electron chi connectivity index (χ0n) is 13.5. The first-order valence-electron chi connectivity index (χ1n) is 7.17. The lowest BCUT2D eigenvalue weighted by Crippen LogP contribution is -2.18. The van der Waals surface area contributed by atoms with Crippen LogP contribution in [-0.2, 0) is 4.79 Å². The molecule has 0 bridgehead atoms. The fourth-order valence-electron chi connectivity index (χ4n) is 2.07. The number of anilines is 1. The minimum absolute atomic E-state index is 0.0324. The quantitative estimate of drug-likeness (QED) is 0.701. The van der Waals surface area contributed by atoms with E-state index in [1.807, 2.05) is 26.0 Å². The maximum atomic E-state index is 13.8. The predicted molar refractivity (Wildman–Crippen MR) is 97.8 cm³/mol. The van der Waals surface area contributed by atoms with Gasteiger partial charge in [-0.1, -0.05) is 15.9 Å². The number of nitrogens with two attached hydrogens (primary N) is 1. The molecule has 2 aromatic rings. The standard InChI is InChI=1S/C17H15BrF2N2O2S/c1-8-4-15(9(2)3-11(8)18)25-7-16(23)22-14-5-10(17(21)24)12(19)6-13(14)20/h3-6H,7H2,1-2H3,(H2,21,24)(H,22,23). The molecule has 4 nitrogen and oxygen atoms in total. The number of primary amides is 1. The first-order valence-corrected chi connectivity index (χ1v) is 8.95. The predicted octanol–water partition coefficient (Wildman–Crippen LogP) is 4.17. The van der Waals surface area contributed by atoms with Crippen LogP contribution in [0.2, 0.25) is 0 Å². The maximum Gasteiger partial charge on any atom is 0.251 e. The van der Waals surface area contributed by atoms with Gasteiger partial charge in [0.1, 0.15) is 11.6 Å². The highest BCUT2D eigenvalue weighted by Gasteiger charge is 2.16. The molecule has 0 fully saturated rings. The molecular formula is C17H15BrF2N2O2S. The summed E-state index contributed by atoms with van der Waals surface area (Å²) in [6, 6.07) is 5.31. The fraction of sp³-hybridized carbons (Fsp3) is 0.176. The van der Waals surface area contributed by atoms with Crippen LogP contribution in [0.5, 0.6) is 0 Å². The van der Waals surface area contributed by atoms with Crippen LogP contribution in [0.3, 0.4) is 0 Å². The van der Waals surface area contributed by atoms with Gasteiger partial charge in [0.2, 0.25) is 5.91 Å². The summed E-state index contributed by atoms with van der Waals surface area (Å²) in [5, 5.41) is 2.33. The minimum Gasteiger partial charge on any atom is -0.366 e. The number of rotatable bonds is 5. The molecule has 0 atom stereocenters. The van der Waals surface area contributed by atoms with E-state index in [2.05, 4.69) is 21.2 Å². The lowest BCUT2D eigenvalue weighted by Gasteiger charge is -2.10. The summed E-state index contributed by atoms with van der Waals surface area (Å²) in [5.41, 5.74) is 6.28. The first-order chi connectivity index (χ1) is 11.7. The van der Waals surface area contributed by atoms with Crippen LogP contribution in [0.1, 0.15) is 21.5 Å². The molecule has 2 amide bonds. The molecule has 25 heavy (non-hydrogen) atoms. The van der Waals surface area contributed by atoms with Gasteiger partial charge < -0.3 is 11.1 Å². The van der Waals surface area contributed by atoms with Gasteiger partial charge in [0.05, 0.1) is 17.0 Å². The third-order valence-corrected chi connectivity index (χ3v) is 5.42. The second-order valence-corrected chi connectivity index (χ2v) is 7.25. The van der Waals surface area contributed by atoms with E-state index in [-0.39, 0.29) is 11.4 Å². The highest BCUT2D eigenvalue weighted by atomic mass is 79.9. The number of hydrogen-bond donors (Lipinski definition) is 2. The average Bonchev–Trinajstić information content (AvgIpc) is 2.51. The molecule has 0 unspecified atom stereocenters. The smallest absolute Gasteiger partial charge is 0.251 e. The van der Waals surface area contributed by atoms with Gasteiger partial charge in [-0.25, -0.2) is 8.78 Å². The fourth-order valence-corrected chi connectivity index (χ4v) is 3.44. The second-order valence-electron chi connectivity index (χ2n) is 5.38. The van der Waals surface area contributed by atoms with Crippen molar-refractivity contribution < 1.29 is 18.4 Å². The Kier molecular flexibility index (Phi) is 6.18. The molecule has 8 heteroatoms. The van der Waals surface area contributed by atoms with E-state index in [0.29, 0.717) is 6.07 Å². The van der Waals surface area contributed by atoms with Crippen LogP contribution < -0.4 is 11.1 Å². The molecule has 0 aromatic heterocycles. The Morgan fingerprint density at radius 2 is 1.80 bits per heavy atom. The van der Waals surface area contributed by atoms with Crippen LogP contribution >= 0.6 is 27.7 Å². The van der Waals surface area contributed by atoms with Crippen LogP contribution in [0.4, 0.5) is 14.5 Å². The molecule has 0 aliphatic rings. The number of hydrogen-bond acceptors (Lipinski definition) is 3. The Morgan fingerprint density at radius 3 is 2.44 bits per heavy atom. The molecule has 2 rings (SSSR count). The van der Waals surface area contributed by atoms with E-state index in [1.54, 1.807) is 0 Å². The Labute approximate surface area is 156 Å². The molecule has 0 aliphatic heterocycles. The first kappa shape index (κ1) is 19.4. The summed E-state index contributed by atoms with van der Waals surface area (Å²) in [6.45, 7) is 3.86. The Hall–Kier alpha value is -1.93. The van der Waals surface area contributed by atoms with Gasteiger partial charge in [-0.05, 0) is 43.2 Å². The van der Waals surface area contributed by atoms with Gasteiger partial charge in [0, 0.05) is 15.4 Å². The number of nitrogens with one attached hydrogen (secondary N) is 1. The number of thioether (sulfide) groups is 1. The number of halogens is 3. The van der Waals surface area contributed by atoms with Gasteiger partial charge in [0.15, 0.2) is 0 Å². The second kappa shape index (κ2) is 7.97. The molecule has 0 saturated heterocycles.